The number of aromatic nitrogens is 2. The van der Waals surface area contributed by atoms with E-state index in [-0.39, 0.29) is 11.1 Å². The van der Waals surface area contributed by atoms with Gasteiger partial charge in [0.25, 0.3) is 0 Å². The fourth-order valence-electron chi connectivity index (χ4n) is 2.04. The van der Waals surface area contributed by atoms with E-state index in [0.29, 0.717) is 5.82 Å². The van der Waals surface area contributed by atoms with Crippen LogP contribution in [0.4, 0.5) is 15.9 Å². The van der Waals surface area contributed by atoms with Crippen LogP contribution in [0.3, 0.4) is 0 Å². The highest BCUT2D eigenvalue weighted by Crippen LogP contribution is 2.26. The molecule has 0 spiro atoms. The Hall–Kier alpha value is -2.20. The predicted molar refractivity (Wildman–Crippen MR) is 79.0 cm³/mol. The second-order valence-corrected chi connectivity index (χ2v) is 4.78. The van der Waals surface area contributed by atoms with Crippen LogP contribution < -0.4 is 5.32 Å². The molecule has 3 aromatic rings. The number of fused-ring (bicyclic) bond motifs is 1. The topological polar surface area (TPSA) is 37.8 Å². The van der Waals surface area contributed by atoms with E-state index in [1.807, 2.05) is 31.2 Å². The summed E-state index contributed by atoms with van der Waals surface area (Å²) in [7, 11) is 0. The first-order valence-corrected chi connectivity index (χ1v) is 6.47. The number of halogens is 2. The lowest BCUT2D eigenvalue weighted by Gasteiger charge is -2.11. The summed E-state index contributed by atoms with van der Waals surface area (Å²) in [5.74, 6) is 0.342. The van der Waals surface area contributed by atoms with Crippen LogP contribution in [0.5, 0.6) is 0 Å². The highest BCUT2D eigenvalue weighted by atomic mass is 35.5. The van der Waals surface area contributed by atoms with Gasteiger partial charge < -0.3 is 5.32 Å². The van der Waals surface area contributed by atoms with Gasteiger partial charge in [0.1, 0.15) is 11.6 Å². The first kappa shape index (κ1) is 12.8. The minimum atomic E-state index is -0.265. The van der Waals surface area contributed by atoms with Crippen LogP contribution >= 0.6 is 11.6 Å². The summed E-state index contributed by atoms with van der Waals surface area (Å²) < 4.78 is 13.1. The Kier molecular flexibility index (Phi) is 3.24. The third-order valence-electron chi connectivity index (χ3n) is 3.02. The molecule has 0 bridgehead atoms. The van der Waals surface area contributed by atoms with E-state index in [2.05, 4.69) is 15.3 Å². The van der Waals surface area contributed by atoms with E-state index in [4.69, 9.17) is 11.6 Å². The Morgan fingerprint density at radius 2 is 1.90 bits per heavy atom. The monoisotopic (exact) mass is 287 g/mol. The van der Waals surface area contributed by atoms with Gasteiger partial charge in [0.15, 0.2) is 0 Å². The van der Waals surface area contributed by atoms with Crippen LogP contribution in [0.15, 0.2) is 42.5 Å². The van der Waals surface area contributed by atoms with Gasteiger partial charge in [-0.25, -0.2) is 9.37 Å². The van der Waals surface area contributed by atoms with Gasteiger partial charge in [-0.3, -0.25) is 0 Å². The molecule has 0 amide bonds. The zero-order chi connectivity index (χ0) is 14.1. The minimum absolute atomic E-state index is 0.172. The summed E-state index contributed by atoms with van der Waals surface area (Å²) in [5, 5.41) is 4.21. The number of anilines is 2. The molecule has 0 atom stereocenters. The van der Waals surface area contributed by atoms with Crippen molar-refractivity contribution < 1.29 is 4.39 Å². The maximum Gasteiger partial charge on any atom is 0.224 e. The molecule has 0 saturated heterocycles. The van der Waals surface area contributed by atoms with E-state index in [0.717, 1.165) is 22.2 Å². The predicted octanol–water partition coefficient (Wildman–Crippen LogP) is 4.47. The van der Waals surface area contributed by atoms with Crippen LogP contribution in [-0.4, -0.2) is 9.97 Å². The Morgan fingerprint density at radius 1 is 1.10 bits per heavy atom. The number of hydrogen-bond acceptors (Lipinski definition) is 3. The lowest BCUT2D eigenvalue weighted by atomic mass is 10.2. The van der Waals surface area contributed by atoms with Crippen molar-refractivity contribution in [2.45, 2.75) is 6.92 Å². The van der Waals surface area contributed by atoms with Gasteiger partial charge in [-0.15, -0.1) is 0 Å². The minimum Gasteiger partial charge on any atom is -0.339 e. The number of para-hydroxylation sites is 1. The van der Waals surface area contributed by atoms with Crippen molar-refractivity contribution in [1.82, 2.24) is 9.97 Å². The molecule has 0 aliphatic carbocycles. The van der Waals surface area contributed by atoms with Crippen LogP contribution in [0.25, 0.3) is 10.9 Å². The van der Waals surface area contributed by atoms with E-state index >= 15 is 0 Å². The number of aryl methyl sites for hydroxylation is 1. The summed E-state index contributed by atoms with van der Waals surface area (Å²) in [6, 6.07) is 12.1. The maximum absolute atomic E-state index is 13.1. The molecule has 2 aromatic carbocycles. The number of nitrogens with zero attached hydrogens (tertiary/aromatic N) is 2. The first-order valence-electron chi connectivity index (χ1n) is 6.09. The van der Waals surface area contributed by atoms with Crippen molar-refractivity contribution in [1.29, 1.82) is 0 Å². The number of rotatable bonds is 2. The van der Waals surface area contributed by atoms with Crippen molar-refractivity contribution >= 4 is 34.0 Å². The summed E-state index contributed by atoms with van der Waals surface area (Å²) >= 11 is 5.93. The molecule has 0 saturated carbocycles. The Balaban J connectivity index is 2.10. The van der Waals surface area contributed by atoms with Gasteiger partial charge in [-0.1, -0.05) is 12.1 Å². The average molecular weight is 288 g/mol. The molecule has 20 heavy (non-hydrogen) atoms. The Bertz CT molecular complexity index is 789. The van der Waals surface area contributed by atoms with E-state index in [1.54, 1.807) is 6.07 Å². The van der Waals surface area contributed by atoms with Gasteiger partial charge in [0, 0.05) is 11.1 Å². The first-order chi connectivity index (χ1) is 9.63. The number of nitrogens with one attached hydrogen (secondary N) is 1. The third-order valence-corrected chi connectivity index (χ3v) is 3.19. The fourth-order valence-corrected chi connectivity index (χ4v) is 2.21. The molecule has 0 fully saturated rings. The quantitative estimate of drug-likeness (QED) is 0.707. The second kappa shape index (κ2) is 5.06. The molecule has 0 radical (unpaired) electrons. The number of benzene rings is 2. The fraction of sp³-hybridized carbons (Fsp3) is 0.0667. The molecule has 1 N–H and O–H groups in total. The lowest BCUT2D eigenvalue weighted by Crippen LogP contribution is -1.99. The van der Waals surface area contributed by atoms with Gasteiger partial charge in [0.2, 0.25) is 5.28 Å². The SMILES string of the molecule is Cc1cc(F)ccc1Nc1nc(Cl)nc2ccccc12. The normalized spacial score (nSPS) is 10.8. The van der Waals surface area contributed by atoms with Gasteiger partial charge >= 0.3 is 0 Å². The molecular weight excluding hydrogens is 277 g/mol. The lowest BCUT2D eigenvalue weighted by molar-refractivity contribution is 0.627. The van der Waals surface area contributed by atoms with E-state index in [9.17, 15) is 4.39 Å². The van der Waals surface area contributed by atoms with Crippen molar-refractivity contribution in [3.05, 3.63) is 59.1 Å². The van der Waals surface area contributed by atoms with Gasteiger partial charge in [-0.2, -0.15) is 4.98 Å². The molecular formula is C15H11ClFN3. The summed E-state index contributed by atoms with van der Waals surface area (Å²) in [6.45, 7) is 1.83. The Labute approximate surface area is 120 Å². The maximum atomic E-state index is 13.1. The molecule has 1 heterocycles. The van der Waals surface area contributed by atoms with Crippen LogP contribution in [0.1, 0.15) is 5.56 Å². The largest absolute Gasteiger partial charge is 0.339 e. The molecule has 0 aliphatic rings. The van der Waals surface area contributed by atoms with Crippen LogP contribution in [0.2, 0.25) is 5.28 Å². The molecule has 0 aliphatic heterocycles. The zero-order valence-corrected chi connectivity index (χ0v) is 11.4. The van der Waals surface area contributed by atoms with Crippen LogP contribution in [-0.2, 0) is 0 Å². The van der Waals surface area contributed by atoms with Crippen molar-refractivity contribution in [2.24, 2.45) is 0 Å². The van der Waals surface area contributed by atoms with Gasteiger partial charge in [-0.05, 0) is 54.4 Å². The zero-order valence-electron chi connectivity index (χ0n) is 10.7. The van der Waals surface area contributed by atoms with Crippen molar-refractivity contribution in [3.63, 3.8) is 0 Å². The molecule has 3 rings (SSSR count). The highest BCUT2D eigenvalue weighted by molar-refractivity contribution is 6.28. The van der Waals surface area contributed by atoms with Crippen molar-refractivity contribution in [3.8, 4) is 0 Å². The summed E-state index contributed by atoms with van der Waals surface area (Å²) in [6.07, 6.45) is 0. The smallest absolute Gasteiger partial charge is 0.224 e. The standard InChI is InChI=1S/C15H11ClFN3/c1-9-8-10(17)6-7-12(9)18-14-11-4-2-3-5-13(11)19-15(16)20-14/h2-8H,1H3,(H,18,19,20). The van der Waals surface area contributed by atoms with E-state index in [1.165, 1.54) is 12.1 Å². The average Bonchev–Trinajstić information content (AvgIpc) is 2.41. The third kappa shape index (κ3) is 2.42. The van der Waals surface area contributed by atoms with E-state index < -0.39 is 0 Å². The highest BCUT2D eigenvalue weighted by Gasteiger charge is 2.08. The molecule has 1 aromatic heterocycles. The number of hydrogen-bond donors (Lipinski definition) is 1. The molecule has 100 valence electrons. The summed E-state index contributed by atoms with van der Waals surface area (Å²) in [4.78, 5) is 8.38. The Morgan fingerprint density at radius 3 is 2.70 bits per heavy atom. The second-order valence-electron chi connectivity index (χ2n) is 4.44. The molecule has 0 unspecified atom stereocenters. The van der Waals surface area contributed by atoms with Crippen LogP contribution in [0, 0.1) is 12.7 Å². The molecule has 5 heteroatoms. The van der Waals surface area contributed by atoms with Gasteiger partial charge in [0.05, 0.1) is 5.52 Å². The molecule has 3 nitrogen and oxygen atoms in total. The van der Waals surface area contributed by atoms with Crippen molar-refractivity contribution in [2.75, 3.05) is 5.32 Å². The summed E-state index contributed by atoms with van der Waals surface area (Å²) in [5.41, 5.74) is 2.34.